The Balaban J connectivity index is 1.73. The summed E-state index contributed by atoms with van der Waals surface area (Å²) in [6, 6.07) is 9.30. The Hall–Kier alpha value is -2.64. The average molecular weight is 454 g/mol. The van der Waals surface area contributed by atoms with Gasteiger partial charge in [-0.3, -0.25) is 18.9 Å². The third-order valence-corrected chi connectivity index (χ3v) is 5.39. The summed E-state index contributed by atoms with van der Waals surface area (Å²) in [4.78, 5) is 36.9. The zero-order chi connectivity index (χ0) is 22.3. The number of nitrogen functional groups attached to an aromatic ring is 1. The normalized spacial score (nSPS) is 24.1. The second-order valence-electron chi connectivity index (χ2n) is 7.09. The number of fused-ring (bicyclic) bond motifs is 1. The van der Waals surface area contributed by atoms with E-state index in [2.05, 4.69) is 14.5 Å². The number of hydrogen-bond acceptors (Lipinski definition) is 8. The van der Waals surface area contributed by atoms with Gasteiger partial charge in [0.05, 0.1) is 13.2 Å². The van der Waals surface area contributed by atoms with E-state index in [0.29, 0.717) is 6.54 Å². The lowest BCUT2D eigenvalue weighted by Gasteiger charge is -2.14. The number of nitrogens with one attached hydrogen (secondary N) is 1. The first-order valence-corrected chi connectivity index (χ1v) is 10.7. The van der Waals surface area contributed by atoms with Crippen LogP contribution in [0.4, 0.5) is 5.95 Å². The van der Waals surface area contributed by atoms with Crippen LogP contribution in [0.5, 0.6) is 0 Å². The molecule has 4 rings (SSSR count). The lowest BCUT2D eigenvalue weighted by atomic mass is 10.1. The molecule has 1 aliphatic heterocycles. The molecular weight excluding hydrogens is 433 g/mol. The maximum atomic E-state index is 12.6. The minimum Gasteiger partial charge on any atom is -0.387 e. The molecule has 0 amide bonds. The molecule has 166 valence electrons. The van der Waals surface area contributed by atoms with Crippen LogP contribution in [0.15, 0.2) is 41.5 Å². The minimum atomic E-state index is -4.80. The molecule has 31 heavy (non-hydrogen) atoms. The molecule has 0 saturated carbocycles. The maximum absolute atomic E-state index is 12.6. The fraction of sp³-hybridized carbons (Fsp3) is 0.353. The fourth-order valence-electron chi connectivity index (χ4n) is 3.53. The van der Waals surface area contributed by atoms with E-state index in [1.165, 1.54) is 10.9 Å². The Morgan fingerprint density at radius 2 is 1.97 bits per heavy atom. The molecule has 1 aliphatic rings. The molecule has 1 saturated heterocycles. The Morgan fingerprint density at radius 1 is 1.26 bits per heavy atom. The lowest BCUT2D eigenvalue weighted by Crippen LogP contribution is -2.46. The van der Waals surface area contributed by atoms with Crippen LogP contribution >= 0.6 is 7.82 Å². The van der Waals surface area contributed by atoms with Crippen molar-refractivity contribution in [2.45, 2.75) is 31.1 Å². The molecule has 0 bridgehead atoms. The highest BCUT2D eigenvalue weighted by atomic mass is 31.2. The van der Waals surface area contributed by atoms with Gasteiger partial charge in [-0.25, -0.2) is 9.13 Å². The summed E-state index contributed by atoms with van der Waals surface area (Å²) in [5.41, 5.74) is 6.34. The number of imidazole rings is 1. The summed E-state index contributed by atoms with van der Waals surface area (Å²) in [6.45, 7) is -0.354. The van der Waals surface area contributed by atoms with Crippen molar-refractivity contribution < 1.29 is 38.4 Å². The second kappa shape index (κ2) is 8.13. The first-order chi connectivity index (χ1) is 14.6. The summed E-state index contributed by atoms with van der Waals surface area (Å²) in [5.74, 6) is -0.155. The number of nitrogens with two attached hydrogens (primary N) is 1. The van der Waals surface area contributed by atoms with Gasteiger partial charge in [0, 0.05) is 0 Å². The van der Waals surface area contributed by atoms with Crippen molar-refractivity contribution in [3.8, 4) is 0 Å². The van der Waals surface area contributed by atoms with E-state index < -0.39 is 44.5 Å². The molecule has 7 N–H and O–H groups in total. The van der Waals surface area contributed by atoms with Gasteiger partial charge in [0.1, 0.15) is 18.3 Å². The molecule has 3 heterocycles. The van der Waals surface area contributed by atoms with Crippen LogP contribution in [0.25, 0.3) is 11.2 Å². The molecule has 4 atom stereocenters. The highest BCUT2D eigenvalue weighted by Gasteiger charge is 2.47. The van der Waals surface area contributed by atoms with Crippen molar-refractivity contribution in [1.29, 1.82) is 0 Å². The van der Waals surface area contributed by atoms with Gasteiger partial charge < -0.3 is 30.5 Å². The zero-order valence-corrected chi connectivity index (χ0v) is 16.9. The second-order valence-corrected chi connectivity index (χ2v) is 8.33. The van der Waals surface area contributed by atoms with E-state index in [1.54, 1.807) is 4.57 Å². The number of aromatic nitrogens is 4. The van der Waals surface area contributed by atoms with Gasteiger partial charge in [0.25, 0.3) is 11.5 Å². The van der Waals surface area contributed by atoms with Crippen molar-refractivity contribution >= 4 is 24.9 Å². The third-order valence-electron chi connectivity index (χ3n) is 4.90. The zero-order valence-electron chi connectivity index (χ0n) is 16.0. The molecule has 14 heteroatoms. The fourth-order valence-corrected chi connectivity index (χ4v) is 3.87. The number of phosphoric acid groups is 1. The predicted molar refractivity (Wildman–Crippen MR) is 104 cm³/mol. The number of phosphoric ester groups is 1. The summed E-state index contributed by atoms with van der Waals surface area (Å²) in [6.07, 6.45) is -3.95. The third kappa shape index (κ3) is 4.38. The van der Waals surface area contributed by atoms with Crippen LogP contribution in [-0.4, -0.2) is 59.5 Å². The number of ether oxygens (including phenoxy) is 1. The molecule has 3 aromatic rings. The SMILES string of the molecule is Nc1nc2c(c(=O)[nH]1)n(Cc1ccccc1)c[n+]2[C@@H]1O[C@H](COP(=O)(O)O)[C@@H](O)[C@H]1O. The summed E-state index contributed by atoms with van der Waals surface area (Å²) in [7, 11) is -4.80. The largest absolute Gasteiger partial charge is 0.469 e. The van der Waals surface area contributed by atoms with Crippen molar-refractivity contribution in [2.75, 3.05) is 12.3 Å². The molecule has 0 radical (unpaired) electrons. The van der Waals surface area contributed by atoms with Crippen LogP contribution in [0, 0.1) is 0 Å². The Morgan fingerprint density at radius 3 is 2.65 bits per heavy atom. The van der Waals surface area contributed by atoms with E-state index in [9.17, 15) is 19.6 Å². The van der Waals surface area contributed by atoms with E-state index in [0.717, 1.165) is 5.56 Å². The number of anilines is 1. The molecule has 1 fully saturated rings. The van der Waals surface area contributed by atoms with Crippen LogP contribution in [0.2, 0.25) is 0 Å². The van der Waals surface area contributed by atoms with Gasteiger partial charge in [0.2, 0.25) is 11.7 Å². The van der Waals surface area contributed by atoms with E-state index in [-0.39, 0.29) is 17.1 Å². The number of aromatic amines is 1. The van der Waals surface area contributed by atoms with Gasteiger partial charge in [-0.05, 0) is 5.56 Å². The van der Waals surface area contributed by atoms with Gasteiger partial charge in [0.15, 0.2) is 6.33 Å². The highest BCUT2D eigenvalue weighted by Crippen LogP contribution is 2.37. The molecule has 1 aromatic carbocycles. The van der Waals surface area contributed by atoms with Crippen molar-refractivity contribution in [2.24, 2.45) is 0 Å². The standard InChI is InChI=1S/C17H20N5O8P/c18-17-19-14-11(15(25)20-17)21(6-9-4-2-1-3-5-9)8-22(14)16-13(24)12(23)10(30-16)7-29-31(26,27)28/h1-5,8,10,12-13,16,23-24H,6-7H2,(H4-,18,19,20,25,26,27,28)/p+1/t10-,12-,13-,16-/m1/s1. The van der Waals surface area contributed by atoms with E-state index in [4.69, 9.17) is 20.3 Å². The number of H-pyrrole nitrogens is 1. The molecular formula is C17H21N5O8P+. The van der Waals surface area contributed by atoms with Gasteiger partial charge >= 0.3 is 13.5 Å². The summed E-state index contributed by atoms with van der Waals surface area (Å²) in [5, 5.41) is 20.8. The summed E-state index contributed by atoms with van der Waals surface area (Å²) < 4.78 is 23.9. The average Bonchev–Trinajstić information content (AvgIpc) is 3.18. The monoisotopic (exact) mass is 454 g/mol. The van der Waals surface area contributed by atoms with Crippen molar-refractivity contribution in [3.05, 3.63) is 52.6 Å². The number of aliphatic hydroxyl groups is 2. The number of rotatable bonds is 6. The Kier molecular flexibility index (Phi) is 5.66. The predicted octanol–water partition coefficient (Wildman–Crippen LogP) is -1.63. The van der Waals surface area contributed by atoms with Crippen LogP contribution in [0.1, 0.15) is 11.8 Å². The molecule has 13 nitrogen and oxygen atoms in total. The van der Waals surface area contributed by atoms with Gasteiger partial charge in [-0.2, -0.15) is 0 Å². The molecule has 0 unspecified atom stereocenters. The quantitative estimate of drug-likeness (QED) is 0.186. The first kappa shape index (κ1) is 21.6. The van der Waals surface area contributed by atoms with E-state index in [1.807, 2.05) is 30.3 Å². The van der Waals surface area contributed by atoms with E-state index >= 15 is 0 Å². The van der Waals surface area contributed by atoms with Crippen LogP contribution < -0.4 is 15.9 Å². The topological polar surface area (TPSA) is 197 Å². The van der Waals surface area contributed by atoms with Crippen LogP contribution in [0.3, 0.4) is 0 Å². The number of benzene rings is 1. The van der Waals surface area contributed by atoms with Gasteiger partial charge in [-0.1, -0.05) is 35.3 Å². The number of aliphatic hydroxyl groups excluding tert-OH is 2. The van der Waals surface area contributed by atoms with Crippen LogP contribution in [-0.2, 0) is 20.4 Å². The maximum Gasteiger partial charge on any atom is 0.469 e. The number of nitrogens with zero attached hydrogens (tertiary/aromatic N) is 3. The van der Waals surface area contributed by atoms with Crippen molar-refractivity contribution in [3.63, 3.8) is 0 Å². The molecule has 0 aliphatic carbocycles. The Bertz CT molecular complexity index is 1190. The lowest BCUT2D eigenvalue weighted by molar-refractivity contribution is -0.745. The Labute approximate surface area is 174 Å². The first-order valence-electron chi connectivity index (χ1n) is 9.19. The highest BCUT2D eigenvalue weighted by molar-refractivity contribution is 7.46. The molecule has 0 spiro atoms. The summed E-state index contributed by atoms with van der Waals surface area (Å²) >= 11 is 0. The number of hydrogen-bond donors (Lipinski definition) is 6. The van der Waals surface area contributed by atoms with Gasteiger partial charge in [-0.15, -0.1) is 0 Å². The minimum absolute atomic E-state index is 0.102. The smallest absolute Gasteiger partial charge is 0.387 e. The van der Waals surface area contributed by atoms with Crippen molar-refractivity contribution in [1.82, 2.24) is 14.5 Å². The molecule has 2 aromatic heterocycles.